The largest absolute Gasteiger partial charge is 0.265 e. The predicted octanol–water partition coefficient (Wildman–Crippen LogP) is 3.56. The second-order valence-electron chi connectivity index (χ2n) is 4.05. The number of pyridine rings is 1. The minimum Gasteiger partial charge on any atom is -0.265 e. The highest BCUT2D eigenvalue weighted by Gasteiger charge is 2.09. The van der Waals surface area contributed by atoms with Gasteiger partial charge in [-0.05, 0) is 32.4 Å². The normalized spacial score (nSPS) is 10.9. The summed E-state index contributed by atoms with van der Waals surface area (Å²) in [6.45, 7) is 6.73. The molecule has 0 aliphatic heterocycles. The fraction of sp³-hybridized carbons (Fsp3) is 0.333. The first-order valence-corrected chi connectivity index (χ1v) is 6.05. The molecule has 0 amide bonds. The molecule has 17 heavy (non-hydrogen) atoms. The zero-order valence-electron chi connectivity index (χ0n) is 9.96. The minimum absolute atomic E-state index is 0.406. The Kier molecular flexibility index (Phi) is 3.40. The SMILES string of the molecule is Cc1nn(Cc2cnc(Cl)cc2Cl)c(C)c1C. The van der Waals surface area contributed by atoms with Gasteiger partial charge in [0.1, 0.15) is 5.15 Å². The molecule has 0 aliphatic rings. The van der Waals surface area contributed by atoms with Gasteiger partial charge >= 0.3 is 0 Å². The van der Waals surface area contributed by atoms with E-state index in [4.69, 9.17) is 23.2 Å². The first kappa shape index (κ1) is 12.4. The Morgan fingerprint density at radius 3 is 2.47 bits per heavy atom. The predicted molar refractivity (Wildman–Crippen MR) is 69.8 cm³/mol. The Labute approximate surface area is 110 Å². The minimum atomic E-state index is 0.406. The van der Waals surface area contributed by atoms with Gasteiger partial charge in [-0.2, -0.15) is 5.10 Å². The number of aromatic nitrogens is 3. The average Bonchev–Trinajstić information content (AvgIpc) is 2.50. The van der Waals surface area contributed by atoms with E-state index in [-0.39, 0.29) is 0 Å². The second-order valence-corrected chi connectivity index (χ2v) is 4.85. The molecular weight excluding hydrogens is 257 g/mol. The zero-order chi connectivity index (χ0) is 12.6. The van der Waals surface area contributed by atoms with E-state index in [1.807, 2.05) is 18.5 Å². The van der Waals surface area contributed by atoms with Crippen LogP contribution < -0.4 is 0 Å². The van der Waals surface area contributed by atoms with Crippen molar-refractivity contribution in [2.45, 2.75) is 27.3 Å². The smallest absolute Gasteiger partial charge is 0.130 e. The monoisotopic (exact) mass is 269 g/mol. The number of halogens is 2. The van der Waals surface area contributed by atoms with Crippen molar-refractivity contribution >= 4 is 23.2 Å². The maximum Gasteiger partial charge on any atom is 0.130 e. The molecular formula is C12H13Cl2N3. The third-order valence-electron chi connectivity index (χ3n) is 2.96. The Bertz CT molecular complexity index is 561. The van der Waals surface area contributed by atoms with Crippen LogP contribution in [-0.4, -0.2) is 14.8 Å². The third-order valence-corrected chi connectivity index (χ3v) is 3.52. The average molecular weight is 270 g/mol. The van der Waals surface area contributed by atoms with Gasteiger partial charge < -0.3 is 0 Å². The van der Waals surface area contributed by atoms with E-state index < -0.39 is 0 Å². The van der Waals surface area contributed by atoms with Crippen molar-refractivity contribution in [3.63, 3.8) is 0 Å². The van der Waals surface area contributed by atoms with Crippen LogP contribution in [0.1, 0.15) is 22.5 Å². The number of rotatable bonds is 2. The summed E-state index contributed by atoms with van der Waals surface area (Å²) < 4.78 is 1.93. The molecule has 2 aromatic heterocycles. The number of hydrogen-bond acceptors (Lipinski definition) is 2. The van der Waals surface area contributed by atoms with E-state index in [2.05, 4.69) is 17.0 Å². The number of hydrogen-bond donors (Lipinski definition) is 0. The first-order chi connectivity index (χ1) is 7.99. The van der Waals surface area contributed by atoms with Gasteiger partial charge in [0.25, 0.3) is 0 Å². The maximum absolute atomic E-state index is 6.11. The molecule has 0 N–H and O–H groups in total. The highest BCUT2D eigenvalue weighted by Crippen LogP contribution is 2.21. The summed E-state index contributed by atoms with van der Waals surface area (Å²) in [5.74, 6) is 0. The van der Waals surface area contributed by atoms with E-state index in [0.29, 0.717) is 16.7 Å². The van der Waals surface area contributed by atoms with Crippen molar-refractivity contribution in [3.05, 3.63) is 45.0 Å². The van der Waals surface area contributed by atoms with Crippen molar-refractivity contribution in [2.24, 2.45) is 0 Å². The molecule has 0 radical (unpaired) electrons. The Morgan fingerprint density at radius 2 is 1.94 bits per heavy atom. The molecule has 0 aliphatic carbocycles. The lowest BCUT2D eigenvalue weighted by molar-refractivity contribution is 0.657. The molecule has 2 rings (SSSR count). The molecule has 90 valence electrons. The summed E-state index contributed by atoms with van der Waals surface area (Å²) >= 11 is 11.9. The highest BCUT2D eigenvalue weighted by atomic mass is 35.5. The highest BCUT2D eigenvalue weighted by molar-refractivity contribution is 6.34. The number of aryl methyl sites for hydroxylation is 1. The summed E-state index contributed by atoms with van der Waals surface area (Å²) in [7, 11) is 0. The number of nitrogens with zero attached hydrogens (tertiary/aromatic N) is 3. The summed E-state index contributed by atoms with van der Waals surface area (Å²) in [4.78, 5) is 4.03. The summed E-state index contributed by atoms with van der Waals surface area (Å²) in [6.07, 6.45) is 1.69. The Hall–Kier alpha value is -1.06. The lowest BCUT2D eigenvalue weighted by atomic mass is 10.2. The van der Waals surface area contributed by atoms with E-state index >= 15 is 0 Å². The summed E-state index contributed by atoms with van der Waals surface area (Å²) in [5.41, 5.74) is 4.32. The van der Waals surface area contributed by atoms with Gasteiger partial charge in [-0.15, -0.1) is 0 Å². The van der Waals surface area contributed by atoms with Crippen LogP contribution in [0.2, 0.25) is 10.2 Å². The van der Waals surface area contributed by atoms with Crippen molar-refractivity contribution in [2.75, 3.05) is 0 Å². The van der Waals surface area contributed by atoms with Gasteiger partial charge in [0.05, 0.1) is 17.3 Å². The van der Waals surface area contributed by atoms with Gasteiger partial charge in [-0.1, -0.05) is 23.2 Å². The molecule has 0 saturated carbocycles. The molecule has 3 nitrogen and oxygen atoms in total. The quantitative estimate of drug-likeness (QED) is 0.781. The fourth-order valence-corrected chi connectivity index (χ4v) is 2.08. The second kappa shape index (κ2) is 4.67. The van der Waals surface area contributed by atoms with Crippen molar-refractivity contribution in [1.82, 2.24) is 14.8 Å². The first-order valence-electron chi connectivity index (χ1n) is 5.29. The molecule has 0 atom stereocenters. The molecule has 2 heterocycles. The van der Waals surface area contributed by atoms with Crippen molar-refractivity contribution in [1.29, 1.82) is 0 Å². The van der Waals surface area contributed by atoms with E-state index in [0.717, 1.165) is 17.0 Å². The van der Waals surface area contributed by atoms with Crippen LogP contribution in [-0.2, 0) is 6.54 Å². The van der Waals surface area contributed by atoms with Gasteiger partial charge in [-0.25, -0.2) is 4.98 Å². The van der Waals surface area contributed by atoms with Gasteiger partial charge in [0.15, 0.2) is 0 Å². The van der Waals surface area contributed by atoms with Crippen LogP contribution in [0.5, 0.6) is 0 Å². The maximum atomic E-state index is 6.11. The van der Waals surface area contributed by atoms with Crippen LogP contribution >= 0.6 is 23.2 Å². The van der Waals surface area contributed by atoms with Crippen LogP contribution in [0, 0.1) is 20.8 Å². The van der Waals surface area contributed by atoms with E-state index in [1.165, 1.54) is 5.56 Å². The lowest BCUT2D eigenvalue weighted by Crippen LogP contribution is -2.05. The van der Waals surface area contributed by atoms with Crippen molar-refractivity contribution in [3.8, 4) is 0 Å². The molecule has 0 fully saturated rings. The van der Waals surface area contributed by atoms with Gasteiger partial charge in [0, 0.05) is 17.5 Å². The Morgan fingerprint density at radius 1 is 1.24 bits per heavy atom. The molecule has 0 saturated heterocycles. The molecule has 5 heteroatoms. The van der Waals surface area contributed by atoms with Gasteiger partial charge in [-0.3, -0.25) is 4.68 Å². The molecule has 2 aromatic rings. The van der Waals surface area contributed by atoms with Crippen LogP contribution in [0.3, 0.4) is 0 Å². The lowest BCUT2D eigenvalue weighted by Gasteiger charge is -2.06. The molecule has 0 unspecified atom stereocenters. The molecule has 0 spiro atoms. The van der Waals surface area contributed by atoms with Crippen LogP contribution in [0.15, 0.2) is 12.3 Å². The summed E-state index contributed by atoms with van der Waals surface area (Å²) in [6, 6.07) is 1.65. The van der Waals surface area contributed by atoms with E-state index in [1.54, 1.807) is 12.3 Å². The fourth-order valence-electron chi connectivity index (χ4n) is 1.65. The third kappa shape index (κ3) is 2.45. The van der Waals surface area contributed by atoms with E-state index in [9.17, 15) is 0 Å². The Balaban J connectivity index is 2.34. The van der Waals surface area contributed by atoms with Crippen LogP contribution in [0.25, 0.3) is 0 Å². The van der Waals surface area contributed by atoms with Crippen molar-refractivity contribution < 1.29 is 0 Å². The molecule has 0 bridgehead atoms. The topological polar surface area (TPSA) is 30.7 Å². The molecule has 0 aromatic carbocycles. The summed E-state index contributed by atoms with van der Waals surface area (Å²) in [5, 5.41) is 5.49. The standard InChI is InChI=1S/C12H13Cl2N3/c1-7-8(2)16-17(9(7)3)6-10-5-15-12(14)4-11(10)13/h4-5H,6H2,1-3H3. The zero-order valence-corrected chi connectivity index (χ0v) is 11.5. The van der Waals surface area contributed by atoms with Crippen LogP contribution in [0.4, 0.5) is 0 Å². The van der Waals surface area contributed by atoms with Gasteiger partial charge in [0.2, 0.25) is 0 Å².